The summed E-state index contributed by atoms with van der Waals surface area (Å²) in [5.41, 5.74) is 0.657. The average Bonchev–Trinajstić information content (AvgIpc) is 2.76. The van der Waals surface area contributed by atoms with Gasteiger partial charge in [0.25, 0.3) is 0 Å². The lowest BCUT2D eigenvalue weighted by Gasteiger charge is -2.13. The fourth-order valence-corrected chi connectivity index (χ4v) is 2.26. The normalized spacial score (nSPS) is 12.8. The van der Waals surface area contributed by atoms with Gasteiger partial charge >= 0.3 is 0 Å². The molecule has 0 spiro atoms. The van der Waals surface area contributed by atoms with Gasteiger partial charge < -0.3 is 5.32 Å². The first kappa shape index (κ1) is 12.1. The fraction of sp³-hybridized carbons (Fsp3) is 0.600. The van der Waals surface area contributed by atoms with Crippen molar-refractivity contribution >= 4 is 23.2 Å². The van der Waals surface area contributed by atoms with Gasteiger partial charge in [0.2, 0.25) is 0 Å². The summed E-state index contributed by atoms with van der Waals surface area (Å²) in [6.45, 7) is 4.33. The van der Waals surface area contributed by atoms with Crippen molar-refractivity contribution in [2.45, 2.75) is 26.3 Å². The molecule has 0 fully saturated rings. The highest BCUT2D eigenvalue weighted by Gasteiger charge is 2.04. The van der Waals surface area contributed by atoms with Crippen LogP contribution in [-0.4, -0.2) is 42.8 Å². The van der Waals surface area contributed by atoms with E-state index in [2.05, 4.69) is 39.8 Å². The van der Waals surface area contributed by atoms with Crippen LogP contribution in [0.1, 0.15) is 20.3 Å². The predicted molar refractivity (Wildman–Crippen MR) is 69.3 cm³/mol. The van der Waals surface area contributed by atoms with E-state index < -0.39 is 0 Å². The zero-order chi connectivity index (χ0) is 12.1. The topological polar surface area (TPSA) is 68.0 Å². The van der Waals surface area contributed by atoms with E-state index in [0.717, 1.165) is 18.0 Å². The number of anilines is 1. The summed E-state index contributed by atoms with van der Waals surface area (Å²) in [7, 11) is 0. The molecule has 2 rings (SSSR count). The molecule has 1 N–H and O–H groups in total. The number of fused-ring (bicyclic) bond motifs is 1. The molecule has 7 heteroatoms. The Bertz CT molecular complexity index is 471. The second-order valence-corrected chi connectivity index (χ2v) is 5.17. The molecule has 0 aliphatic rings. The van der Waals surface area contributed by atoms with Gasteiger partial charge in [0, 0.05) is 6.04 Å². The van der Waals surface area contributed by atoms with Gasteiger partial charge in [-0.1, -0.05) is 6.92 Å². The lowest BCUT2D eigenvalue weighted by atomic mass is 10.2. The van der Waals surface area contributed by atoms with Crippen LogP contribution in [0.25, 0.3) is 5.65 Å². The number of tetrazole rings is 1. The third kappa shape index (κ3) is 3.29. The standard InChI is InChI=1S/C10H16N6S/c1-3-17-7-6-8(2)11-9-4-5-10-12-14-15-16(10)13-9/h4-5,8H,3,6-7H2,1-2H3,(H,11,13). The van der Waals surface area contributed by atoms with Gasteiger partial charge in [-0.2, -0.15) is 11.8 Å². The van der Waals surface area contributed by atoms with Gasteiger partial charge in [-0.05, 0) is 47.4 Å². The average molecular weight is 252 g/mol. The van der Waals surface area contributed by atoms with Crippen LogP contribution < -0.4 is 5.32 Å². The number of nitrogens with one attached hydrogen (secondary N) is 1. The molecule has 6 nitrogen and oxygen atoms in total. The first-order valence-corrected chi connectivity index (χ1v) is 6.84. The third-order valence-corrected chi connectivity index (χ3v) is 3.30. The van der Waals surface area contributed by atoms with Crippen LogP contribution in [0.2, 0.25) is 0 Å². The molecule has 0 radical (unpaired) electrons. The molecule has 0 aliphatic carbocycles. The Kier molecular flexibility index (Phi) is 4.13. The van der Waals surface area contributed by atoms with Crippen molar-refractivity contribution in [2.24, 2.45) is 0 Å². The monoisotopic (exact) mass is 252 g/mol. The number of rotatable bonds is 6. The quantitative estimate of drug-likeness (QED) is 0.785. The molecule has 0 aromatic carbocycles. The van der Waals surface area contributed by atoms with Crippen LogP contribution in [0, 0.1) is 0 Å². The highest BCUT2D eigenvalue weighted by atomic mass is 32.2. The summed E-state index contributed by atoms with van der Waals surface area (Å²) >= 11 is 1.95. The van der Waals surface area contributed by atoms with Crippen LogP contribution in [-0.2, 0) is 0 Å². The summed E-state index contributed by atoms with van der Waals surface area (Å²) in [4.78, 5) is 0. The van der Waals surface area contributed by atoms with Gasteiger partial charge in [-0.25, -0.2) is 0 Å². The zero-order valence-electron chi connectivity index (χ0n) is 10.00. The van der Waals surface area contributed by atoms with Crippen molar-refractivity contribution < 1.29 is 0 Å². The predicted octanol–water partition coefficient (Wildman–Crippen LogP) is 1.46. The smallest absolute Gasteiger partial charge is 0.200 e. The summed E-state index contributed by atoms with van der Waals surface area (Å²) < 4.78 is 1.43. The highest BCUT2D eigenvalue weighted by molar-refractivity contribution is 7.99. The Hall–Kier alpha value is -1.37. The van der Waals surface area contributed by atoms with E-state index >= 15 is 0 Å². The van der Waals surface area contributed by atoms with E-state index in [-0.39, 0.29) is 0 Å². The first-order chi connectivity index (χ1) is 8.29. The Morgan fingerprint density at radius 2 is 2.35 bits per heavy atom. The SMILES string of the molecule is CCSCCC(C)Nc1ccc2nnnn2n1. The summed E-state index contributed by atoms with van der Waals surface area (Å²) in [5, 5.41) is 18.7. The molecule has 1 atom stereocenters. The van der Waals surface area contributed by atoms with Gasteiger partial charge in [0.1, 0.15) is 5.82 Å². The van der Waals surface area contributed by atoms with Crippen LogP contribution in [0.3, 0.4) is 0 Å². The molecule has 1 unspecified atom stereocenters. The molecule has 0 aliphatic heterocycles. The first-order valence-electron chi connectivity index (χ1n) is 5.69. The Balaban J connectivity index is 1.93. The minimum absolute atomic E-state index is 0.399. The minimum Gasteiger partial charge on any atom is -0.366 e. The maximum absolute atomic E-state index is 4.27. The van der Waals surface area contributed by atoms with Crippen molar-refractivity contribution in [3.8, 4) is 0 Å². The maximum Gasteiger partial charge on any atom is 0.200 e. The van der Waals surface area contributed by atoms with E-state index in [0.29, 0.717) is 11.7 Å². The van der Waals surface area contributed by atoms with Gasteiger partial charge in [0.05, 0.1) is 0 Å². The number of hydrogen-bond acceptors (Lipinski definition) is 6. The van der Waals surface area contributed by atoms with Crippen molar-refractivity contribution in [3.05, 3.63) is 12.1 Å². The Labute approximate surface area is 104 Å². The summed E-state index contributed by atoms with van der Waals surface area (Å²) in [5.74, 6) is 3.14. The van der Waals surface area contributed by atoms with Crippen molar-refractivity contribution in [3.63, 3.8) is 0 Å². The van der Waals surface area contributed by atoms with Gasteiger partial charge in [-0.3, -0.25) is 0 Å². The number of nitrogens with zero attached hydrogens (tertiary/aromatic N) is 5. The Morgan fingerprint density at radius 1 is 1.47 bits per heavy atom. The van der Waals surface area contributed by atoms with Crippen LogP contribution in [0.5, 0.6) is 0 Å². The molecule has 2 aromatic rings. The molecular formula is C10H16N6S. The van der Waals surface area contributed by atoms with E-state index in [9.17, 15) is 0 Å². The maximum atomic E-state index is 4.27. The number of hydrogen-bond donors (Lipinski definition) is 1. The second kappa shape index (κ2) is 5.81. The Morgan fingerprint density at radius 3 is 3.18 bits per heavy atom. The van der Waals surface area contributed by atoms with Gasteiger partial charge in [-0.15, -0.1) is 14.8 Å². The van der Waals surface area contributed by atoms with Crippen molar-refractivity contribution in [2.75, 3.05) is 16.8 Å². The molecule has 0 bridgehead atoms. The van der Waals surface area contributed by atoms with Crippen LogP contribution in [0.15, 0.2) is 12.1 Å². The van der Waals surface area contributed by atoms with Gasteiger partial charge in [0.15, 0.2) is 5.65 Å². The van der Waals surface area contributed by atoms with E-state index in [1.807, 2.05) is 23.9 Å². The lowest BCUT2D eigenvalue weighted by Crippen LogP contribution is -2.17. The largest absolute Gasteiger partial charge is 0.366 e. The van der Waals surface area contributed by atoms with E-state index in [1.54, 1.807) is 0 Å². The van der Waals surface area contributed by atoms with Crippen LogP contribution >= 0.6 is 11.8 Å². The number of aromatic nitrogens is 5. The molecular weight excluding hydrogens is 236 g/mol. The molecule has 0 saturated carbocycles. The molecule has 0 saturated heterocycles. The molecule has 0 amide bonds. The molecule has 92 valence electrons. The highest BCUT2D eigenvalue weighted by Crippen LogP contribution is 2.09. The van der Waals surface area contributed by atoms with E-state index in [4.69, 9.17) is 0 Å². The molecule has 2 aromatic heterocycles. The zero-order valence-corrected chi connectivity index (χ0v) is 10.8. The second-order valence-electron chi connectivity index (χ2n) is 3.78. The van der Waals surface area contributed by atoms with Crippen LogP contribution in [0.4, 0.5) is 5.82 Å². The summed E-state index contributed by atoms with van der Waals surface area (Å²) in [6.07, 6.45) is 1.12. The lowest BCUT2D eigenvalue weighted by molar-refractivity contribution is 0.716. The summed E-state index contributed by atoms with van der Waals surface area (Å²) in [6, 6.07) is 4.15. The van der Waals surface area contributed by atoms with Crippen molar-refractivity contribution in [1.29, 1.82) is 0 Å². The van der Waals surface area contributed by atoms with E-state index in [1.165, 1.54) is 10.4 Å². The number of thioether (sulfide) groups is 1. The molecule has 2 heterocycles. The minimum atomic E-state index is 0.399. The van der Waals surface area contributed by atoms with Crippen molar-refractivity contribution in [1.82, 2.24) is 25.3 Å². The third-order valence-electron chi connectivity index (χ3n) is 2.36. The fourth-order valence-electron chi connectivity index (χ4n) is 1.46. The molecule has 17 heavy (non-hydrogen) atoms.